The van der Waals surface area contributed by atoms with Gasteiger partial charge in [-0.25, -0.2) is 9.97 Å². The molecule has 0 bridgehead atoms. The SMILES string of the molecule is OCCOCCNc1cc(Br)ncn1. The Bertz CT molecular complexity index is 273. The number of aliphatic hydroxyl groups is 1. The molecule has 0 aliphatic carbocycles. The summed E-state index contributed by atoms with van der Waals surface area (Å²) >= 11 is 3.24. The van der Waals surface area contributed by atoms with Crippen molar-refractivity contribution in [3.05, 3.63) is 17.0 Å². The van der Waals surface area contributed by atoms with Crippen LogP contribution in [0.25, 0.3) is 0 Å². The summed E-state index contributed by atoms with van der Waals surface area (Å²) < 4.78 is 5.81. The Balaban J connectivity index is 2.18. The van der Waals surface area contributed by atoms with Gasteiger partial charge in [-0.2, -0.15) is 0 Å². The monoisotopic (exact) mass is 261 g/mol. The number of hydrogen-bond acceptors (Lipinski definition) is 5. The van der Waals surface area contributed by atoms with E-state index in [0.29, 0.717) is 19.8 Å². The Hall–Kier alpha value is -0.720. The van der Waals surface area contributed by atoms with Gasteiger partial charge >= 0.3 is 0 Å². The molecular formula is C8H12BrN3O2. The Kier molecular flexibility index (Phi) is 5.43. The third-order valence-electron chi connectivity index (χ3n) is 1.42. The van der Waals surface area contributed by atoms with Gasteiger partial charge in [0.15, 0.2) is 0 Å². The predicted octanol–water partition coefficient (Wildman–Crippen LogP) is 0.660. The Morgan fingerprint density at radius 3 is 3.00 bits per heavy atom. The second-order valence-electron chi connectivity index (χ2n) is 2.49. The molecule has 0 atom stereocenters. The van der Waals surface area contributed by atoms with E-state index >= 15 is 0 Å². The zero-order chi connectivity index (χ0) is 10.2. The average molecular weight is 262 g/mol. The number of rotatable bonds is 6. The van der Waals surface area contributed by atoms with Crippen LogP contribution < -0.4 is 5.32 Å². The number of nitrogens with one attached hydrogen (secondary N) is 1. The van der Waals surface area contributed by atoms with E-state index in [-0.39, 0.29) is 6.61 Å². The predicted molar refractivity (Wildman–Crippen MR) is 56.1 cm³/mol. The second-order valence-corrected chi connectivity index (χ2v) is 3.30. The van der Waals surface area contributed by atoms with Crippen LogP contribution in [0.4, 0.5) is 5.82 Å². The minimum absolute atomic E-state index is 0.0546. The molecule has 14 heavy (non-hydrogen) atoms. The zero-order valence-electron chi connectivity index (χ0n) is 7.61. The first-order valence-electron chi connectivity index (χ1n) is 4.23. The van der Waals surface area contributed by atoms with Crippen LogP contribution in [0.15, 0.2) is 17.0 Å². The quantitative estimate of drug-likeness (QED) is 0.582. The molecule has 1 aromatic heterocycles. The fraction of sp³-hybridized carbons (Fsp3) is 0.500. The Morgan fingerprint density at radius 2 is 2.29 bits per heavy atom. The molecule has 1 aromatic rings. The summed E-state index contributed by atoms with van der Waals surface area (Å²) in [5.74, 6) is 0.750. The summed E-state index contributed by atoms with van der Waals surface area (Å²) in [6.45, 7) is 1.62. The molecule has 0 unspecified atom stereocenters. The van der Waals surface area contributed by atoms with Crippen LogP contribution in [0.1, 0.15) is 0 Å². The van der Waals surface area contributed by atoms with Crippen LogP contribution in [0.5, 0.6) is 0 Å². The van der Waals surface area contributed by atoms with Crippen molar-refractivity contribution < 1.29 is 9.84 Å². The minimum atomic E-state index is 0.0546. The summed E-state index contributed by atoms with van der Waals surface area (Å²) in [5.41, 5.74) is 0. The lowest BCUT2D eigenvalue weighted by Crippen LogP contribution is -2.12. The first-order chi connectivity index (χ1) is 6.83. The molecule has 5 nitrogen and oxygen atoms in total. The molecule has 0 saturated heterocycles. The van der Waals surface area contributed by atoms with Gasteiger partial charge in [0.05, 0.1) is 19.8 Å². The van der Waals surface area contributed by atoms with Crippen LogP contribution in [0.2, 0.25) is 0 Å². The zero-order valence-corrected chi connectivity index (χ0v) is 9.20. The lowest BCUT2D eigenvalue weighted by Gasteiger charge is -2.05. The summed E-state index contributed by atoms with van der Waals surface area (Å²) in [7, 11) is 0. The van der Waals surface area contributed by atoms with Gasteiger partial charge in [-0.05, 0) is 15.9 Å². The van der Waals surface area contributed by atoms with Gasteiger partial charge in [-0.1, -0.05) is 0 Å². The van der Waals surface area contributed by atoms with Crippen molar-refractivity contribution in [3.8, 4) is 0 Å². The van der Waals surface area contributed by atoms with E-state index in [4.69, 9.17) is 9.84 Å². The van der Waals surface area contributed by atoms with Gasteiger partial charge < -0.3 is 15.2 Å². The molecular weight excluding hydrogens is 250 g/mol. The van der Waals surface area contributed by atoms with Crippen LogP contribution >= 0.6 is 15.9 Å². The van der Waals surface area contributed by atoms with Gasteiger partial charge in [0.25, 0.3) is 0 Å². The number of hydrogen-bond donors (Lipinski definition) is 2. The third-order valence-corrected chi connectivity index (χ3v) is 1.86. The first-order valence-corrected chi connectivity index (χ1v) is 5.02. The van der Waals surface area contributed by atoms with Gasteiger partial charge in [0.1, 0.15) is 16.7 Å². The van der Waals surface area contributed by atoms with Crippen molar-refractivity contribution in [2.24, 2.45) is 0 Å². The van der Waals surface area contributed by atoms with E-state index in [1.165, 1.54) is 6.33 Å². The molecule has 1 heterocycles. The average Bonchev–Trinajstić information content (AvgIpc) is 2.18. The number of aromatic nitrogens is 2. The molecule has 0 amide bonds. The highest BCUT2D eigenvalue weighted by atomic mass is 79.9. The standard InChI is InChI=1S/C8H12BrN3O2/c9-7-5-8(12-6-11-7)10-1-3-14-4-2-13/h5-6,13H,1-4H2,(H,10,11,12). The number of ether oxygens (including phenoxy) is 1. The van der Waals surface area contributed by atoms with Crippen LogP contribution in [0, 0.1) is 0 Å². The van der Waals surface area contributed by atoms with E-state index in [9.17, 15) is 0 Å². The summed E-state index contributed by atoms with van der Waals surface area (Å²) in [5, 5.41) is 11.5. The molecule has 0 saturated carbocycles. The van der Waals surface area contributed by atoms with Crippen molar-refractivity contribution in [2.45, 2.75) is 0 Å². The van der Waals surface area contributed by atoms with Crippen molar-refractivity contribution >= 4 is 21.7 Å². The van der Waals surface area contributed by atoms with E-state index in [2.05, 4.69) is 31.2 Å². The van der Waals surface area contributed by atoms with Gasteiger partial charge in [-0.15, -0.1) is 0 Å². The van der Waals surface area contributed by atoms with E-state index < -0.39 is 0 Å². The molecule has 0 radical (unpaired) electrons. The van der Waals surface area contributed by atoms with Gasteiger partial charge in [0, 0.05) is 12.6 Å². The molecule has 0 aromatic carbocycles. The van der Waals surface area contributed by atoms with Crippen LogP contribution in [0.3, 0.4) is 0 Å². The number of halogens is 1. The third kappa shape index (κ3) is 4.50. The molecule has 0 fully saturated rings. The van der Waals surface area contributed by atoms with Gasteiger partial charge in [0.2, 0.25) is 0 Å². The molecule has 0 aliphatic rings. The maximum Gasteiger partial charge on any atom is 0.130 e. The lowest BCUT2D eigenvalue weighted by atomic mass is 10.5. The minimum Gasteiger partial charge on any atom is -0.394 e. The maximum atomic E-state index is 8.45. The lowest BCUT2D eigenvalue weighted by molar-refractivity contribution is 0.0992. The number of nitrogens with zero attached hydrogens (tertiary/aromatic N) is 2. The Labute approximate surface area is 90.7 Å². The normalized spacial score (nSPS) is 10.1. The number of aliphatic hydroxyl groups excluding tert-OH is 1. The summed E-state index contributed by atoms with van der Waals surface area (Å²) in [4.78, 5) is 7.90. The van der Waals surface area contributed by atoms with Crippen molar-refractivity contribution in [1.29, 1.82) is 0 Å². The Morgan fingerprint density at radius 1 is 1.43 bits per heavy atom. The largest absolute Gasteiger partial charge is 0.394 e. The van der Waals surface area contributed by atoms with Crippen molar-refractivity contribution in [2.75, 3.05) is 31.7 Å². The molecule has 1 rings (SSSR count). The van der Waals surface area contributed by atoms with E-state index in [1.54, 1.807) is 6.07 Å². The van der Waals surface area contributed by atoms with Crippen LogP contribution in [-0.4, -0.2) is 41.4 Å². The highest BCUT2D eigenvalue weighted by Crippen LogP contribution is 2.08. The molecule has 6 heteroatoms. The summed E-state index contributed by atoms with van der Waals surface area (Å²) in [6.07, 6.45) is 1.47. The van der Waals surface area contributed by atoms with E-state index in [1.807, 2.05) is 0 Å². The molecule has 0 aliphatic heterocycles. The fourth-order valence-corrected chi connectivity index (χ4v) is 1.16. The summed E-state index contributed by atoms with van der Waals surface area (Å²) in [6, 6.07) is 1.78. The van der Waals surface area contributed by atoms with E-state index in [0.717, 1.165) is 10.4 Å². The van der Waals surface area contributed by atoms with Crippen LogP contribution in [-0.2, 0) is 4.74 Å². The smallest absolute Gasteiger partial charge is 0.130 e. The maximum absolute atomic E-state index is 8.45. The topological polar surface area (TPSA) is 67.3 Å². The first kappa shape index (κ1) is 11.4. The number of anilines is 1. The highest BCUT2D eigenvalue weighted by Gasteiger charge is 1.94. The second kappa shape index (κ2) is 6.69. The molecule has 78 valence electrons. The van der Waals surface area contributed by atoms with Gasteiger partial charge in [-0.3, -0.25) is 0 Å². The molecule has 0 spiro atoms. The molecule has 2 N–H and O–H groups in total. The van der Waals surface area contributed by atoms with Crippen molar-refractivity contribution in [3.63, 3.8) is 0 Å². The fourth-order valence-electron chi connectivity index (χ4n) is 0.848. The van der Waals surface area contributed by atoms with Crippen molar-refractivity contribution in [1.82, 2.24) is 9.97 Å². The highest BCUT2D eigenvalue weighted by molar-refractivity contribution is 9.10.